The van der Waals surface area contributed by atoms with Crippen molar-refractivity contribution in [3.63, 3.8) is 0 Å². The van der Waals surface area contributed by atoms with Crippen molar-refractivity contribution in [2.45, 2.75) is 25.0 Å². The van der Waals surface area contributed by atoms with Crippen molar-refractivity contribution in [1.82, 2.24) is 4.98 Å². The van der Waals surface area contributed by atoms with Gasteiger partial charge in [-0.2, -0.15) is 0 Å². The predicted molar refractivity (Wildman–Crippen MR) is 113 cm³/mol. The zero-order valence-electron chi connectivity index (χ0n) is 16.3. The lowest BCUT2D eigenvalue weighted by Gasteiger charge is -2.38. The first-order valence-corrected chi connectivity index (χ1v) is 10.2. The second-order valence-electron chi connectivity index (χ2n) is 7.73. The molecule has 2 aromatic carbocycles. The van der Waals surface area contributed by atoms with Crippen molar-refractivity contribution in [3.05, 3.63) is 60.3 Å². The lowest BCUT2D eigenvalue weighted by Crippen LogP contribution is -2.45. The van der Waals surface area contributed by atoms with Crippen LogP contribution < -0.4 is 10.2 Å². The SMILES string of the molecule is O=C(Cc1c[nH]c2ccccc12)Nc1ccc(N2CCC3(CC2)OCCO3)cc1. The second-order valence-corrected chi connectivity index (χ2v) is 7.73. The smallest absolute Gasteiger partial charge is 0.228 e. The number of carbonyl (C=O) groups is 1. The molecule has 3 heterocycles. The number of para-hydroxylation sites is 1. The number of piperidine rings is 1. The van der Waals surface area contributed by atoms with Gasteiger partial charge in [0.05, 0.1) is 19.6 Å². The highest BCUT2D eigenvalue weighted by molar-refractivity contribution is 5.95. The maximum atomic E-state index is 12.5. The van der Waals surface area contributed by atoms with Crippen LogP contribution in [-0.2, 0) is 20.7 Å². The molecule has 1 amide bonds. The number of aromatic nitrogens is 1. The largest absolute Gasteiger partial charge is 0.371 e. The fourth-order valence-corrected chi connectivity index (χ4v) is 4.30. The van der Waals surface area contributed by atoms with Crippen LogP contribution in [0.3, 0.4) is 0 Å². The Morgan fingerprint density at radius 3 is 2.52 bits per heavy atom. The summed E-state index contributed by atoms with van der Waals surface area (Å²) in [6.07, 6.45) is 4.03. The molecule has 6 nitrogen and oxygen atoms in total. The fourth-order valence-electron chi connectivity index (χ4n) is 4.30. The van der Waals surface area contributed by atoms with Gasteiger partial charge in [0.15, 0.2) is 5.79 Å². The van der Waals surface area contributed by atoms with Crippen molar-refractivity contribution in [3.8, 4) is 0 Å². The Hall–Kier alpha value is -2.83. The zero-order chi connectivity index (χ0) is 19.7. The summed E-state index contributed by atoms with van der Waals surface area (Å²) in [6.45, 7) is 3.22. The molecule has 6 heteroatoms. The van der Waals surface area contributed by atoms with Crippen LogP contribution in [0.4, 0.5) is 11.4 Å². The molecule has 0 atom stereocenters. The molecule has 0 saturated carbocycles. The van der Waals surface area contributed by atoms with Crippen LogP contribution in [0.1, 0.15) is 18.4 Å². The summed E-state index contributed by atoms with van der Waals surface area (Å²) in [5.74, 6) is -0.370. The van der Waals surface area contributed by atoms with E-state index in [0.717, 1.165) is 53.8 Å². The van der Waals surface area contributed by atoms with E-state index < -0.39 is 0 Å². The molecule has 5 rings (SSSR count). The van der Waals surface area contributed by atoms with E-state index in [-0.39, 0.29) is 11.7 Å². The summed E-state index contributed by atoms with van der Waals surface area (Å²) in [5.41, 5.74) is 4.03. The van der Waals surface area contributed by atoms with Gasteiger partial charge in [-0.3, -0.25) is 4.79 Å². The minimum atomic E-state index is -0.354. The van der Waals surface area contributed by atoms with Gasteiger partial charge in [0.1, 0.15) is 0 Å². The Labute approximate surface area is 169 Å². The van der Waals surface area contributed by atoms with Crippen LogP contribution in [0.25, 0.3) is 10.9 Å². The van der Waals surface area contributed by atoms with E-state index in [2.05, 4.69) is 27.3 Å². The molecule has 0 bridgehead atoms. The molecule has 150 valence electrons. The van der Waals surface area contributed by atoms with Gasteiger partial charge in [0.2, 0.25) is 5.91 Å². The predicted octanol–water partition coefficient (Wildman–Crippen LogP) is 3.69. The van der Waals surface area contributed by atoms with Crippen molar-refractivity contribution >= 4 is 28.2 Å². The Kier molecular flexibility index (Phi) is 4.73. The summed E-state index contributed by atoms with van der Waals surface area (Å²) in [5, 5.41) is 4.10. The number of ether oxygens (including phenoxy) is 2. The van der Waals surface area contributed by atoms with E-state index in [9.17, 15) is 4.79 Å². The number of nitrogens with zero attached hydrogens (tertiary/aromatic N) is 1. The zero-order valence-corrected chi connectivity index (χ0v) is 16.3. The Bertz CT molecular complexity index is 996. The summed E-state index contributed by atoms with van der Waals surface area (Å²) in [6, 6.07) is 16.1. The molecule has 1 aromatic heterocycles. The number of nitrogens with one attached hydrogen (secondary N) is 2. The Morgan fingerprint density at radius 1 is 1.03 bits per heavy atom. The summed E-state index contributed by atoms with van der Waals surface area (Å²) < 4.78 is 11.6. The number of rotatable bonds is 4. The molecule has 2 aliphatic heterocycles. The molecule has 0 unspecified atom stereocenters. The number of aromatic amines is 1. The molecule has 2 fully saturated rings. The topological polar surface area (TPSA) is 66.6 Å². The highest BCUT2D eigenvalue weighted by Gasteiger charge is 2.39. The Morgan fingerprint density at radius 2 is 1.76 bits per heavy atom. The quantitative estimate of drug-likeness (QED) is 0.712. The van der Waals surface area contributed by atoms with Gasteiger partial charge in [0.25, 0.3) is 0 Å². The minimum absolute atomic E-state index is 0.0158. The molecule has 2 aliphatic rings. The van der Waals surface area contributed by atoms with Crippen molar-refractivity contribution in [1.29, 1.82) is 0 Å². The van der Waals surface area contributed by atoms with Crippen LogP contribution in [0.2, 0.25) is 0 Å². The van der Waals surface area contributed by atoms with E-state index in [1.54, 1.807) is 0 Å². The first kappa shape index (κ1) is 18.2. The molecular weight excluding hydrogens is 366 g/mol. The van der Waals surface area contributed by atoms with Crippen LogP contribution >= 0.6 is 0 Å². The summed E-state index contributed by atoms with van der Waals surface area (Å²) in [7, 11) is 0. The van der Waals surface area contributed by atoms with Crippen molar-refractivity contribution in [2.24, 2.45) is 0 Å². The standard InChI is InChI=1S/C23H25N3O3/c27-22(15-17-16-24-21-4-2-1-3-20(17)21)25-18-5-7-19(8-6-18)26-11-9-23(10-12-26)28-13-14-29-23/h1-8,16,24H,9-15H2,(H,25,27). The number of amides is 1. The maximum absolute atomic E-state index is 12.5. The third-order valence-corrected chi connectivity index (χ3v) is 5.88. The number of carbonyl (C=O) groups excluding carboxylic acids is 1. The van der Waals surface area contributed by atoms with Gasteiger partial charge < -0.3 is 24.7 Å². The average Bonchev–Trinajstić information content (AvgIpc) is 3.37. The van der Waals surface area contributed by atoms with Crippen LogP contribution in [0, 0.1) is 0 Å². The van der Waals surface area contributed by atoms with Crippen LogP contribution in [-0.4, -0.2) is 43.0 Å². The number of anilines is 2. The van der Waals surface area contributed by atoms with E-state index in [0.29, 0.717) is 19.6 Å². The van der Waals surface area contributed by atoms with Gasteiger partial charge in [0, 0.05) is 54.4 Å². The normalized spacial score (nSPS) is 18.4. The third-order valence-electron chi connectivity index (χ3n) is 5.88. The average molecular weight is 391 g/mol. The maximum Gasteiger partial charge on any atom is 0.228 e. The highest BCUT2D eigenvalue weighted by atomic mass is 16.7. The van der Waals surface area contributed by atoms with Gasteiger partial charge in [-0.1, -0.05) is 18.2 Å². The molecule has 29 heavy (non-hydrogen) atoms. The summed E-state index contributed by atoms with van der Waals surface area (Å²) >= 11 is 0. The minimum Gasteiger partial charge on any atom is -0.371 e. The highest BCUT2D eigenvalue weighted by Crippen LogP contribution is 2.33. The molecule has 2 saturated heterocycles. The van der Waals surface area contributed by atoms with E-state index in [1.165, 1.54) is 0 Å². The molecule has 0 aliphatic carbocycles. The first-order chi connectivity index (χ1) is 14.2. The third kappa shape index (κ3) is 3.73. The van der Waals surface area contributed by atoms with Crippen LogP contribution in [0.5, 0.6) is 0 Å². The molecule has 1 spiro atoms. The van der Waals surface area contributed by atoms with Gasteiger partial charge in [-0.15, -0.1) is 0 Å². The summed E-state index contributed by atoms with van der Waals surface area (Å²) in [4.78, 5) is 18.0. The second kappa shape index (κ2) is 7.54. The lowest BCUT2D eigenvalue weighted by molar-refractivity contribution is -0.169. The van der Waals surface area contributed by atoms with Gasteiger partial charge in [-0.05, 0) is 35.9 Å². The lowest BCUT2D eigenvalue weighted by atomic mass is 10.0. The van der Waals surface area contributed by atoms with Crippen LogP contribution in [0.15, 0.2) is 54.7 Å². The van der Waals surface area contributed by atoms with E-state index in [1.807, 2.05) is 42.6 Å². The molecule has 0 radical (unpaired) electrons. The van der Waals surface area contributed by atoms with E-state index >= 15 is 0 Å². The van der Waals surface area contributed by atoms with Crippen molar-refractivity contribution in [2.75, 3.05) is 36.5 Å². The number of fused-ring (bicyclic) bond motifs is 1. The number of H-pyrrole nitrogens is 1. The first-order valence-electron chi connectivity index (χ1n) is 10.2. The number of hydrogen-bond acceptors (Lipinski definition) is 4. The fraction of sp³-hybridized carbons (Fsp3) is 0.348. The van der Waals surface area contributed by atoms with Gasteiger partial charge >= 0.3 is 0 Å². The molecule has 3 aromatic rings. The van der Waals surface area contributed by atoms with E-state index in [4.69, 9.17) is 9.47 Å². The Balaban J connectivity index is 1.19. The van der Waals surface area contributed by atoms with Crippen molar-refractivity contribution < 1.29 is 14.3 Å². The number of benzene rings is 2. The monoisotopic (exact) mass is 391 g/mol. The molecular formula is C23H25N3O3. The molecule has 2 N–H and O–H groups in total. The number of hydrogen-bond donors (Lipinski definition) is 2. The van der Waals surface area contributed by atoms with Gasteiger partial charge in [-0.25, -0.2) is 0 Å².